The number of carbonyl (C=O) groups is 1. The van der Waals surface area contributed by atoms with Gasteiger partial charge in [0.15, 0.2) is 0 Å². The Kier molecular flexibility index (Phi) is 3.31. The molecule has 25 heavy (non-hydrogen) atoms. The van der Waals surface area contributed by atoms with Gasteiger partial charge < -0.3 is 15.0 Å². The summed E-state index contributed by atoms with van der Waals surface area (Å²) in [4.78, 5) is 18.6. The van der Waals surface area contributed by atoms with Gasteiger partial charge in [0.1, 0.15) is 12.4 Å². The fourth-order valence-corrected chi connectivity index (χ4v) is 4.21. The summed E-state index contributed by atoms with van der Waals surface area (Å²) in [6.45, 7) is 2.38. The molecule has 2 aromatic rings. The molecule has 3 aliphatic rings. The third-order valence-electron chi connectivity index (χ3n) is 5.84. The van der Waals surface area contributed by atoms with Crippen molar-refractivity contribution < 1.29 is 9.53 Å². The second kappa shape index (κ2) is 5.56. The Balaban J connectivity index is 1.51. The van der Waals surface area contributed by atoms with Crippen LogP contribution in [0.3, 0.4) is 0 Å². The number of carbonyl (C=O) groups excluding carboxylic acids is 1. The molecule has 1 aliphatic carbocycles. The van der Waals surface area contributed by atoms with Gasteiger partial charge in [-0.2, -0.15) is 0 Å². The third kappa shape index (κ3) is 2.34. The summed E-state index contributed by atoms with van der Waals surface area (Å²) in [5.41, 5.74) is 4.83. The molecule has 0 bridgehead atoms. The van der Waals surface area contributed by atoms with Crippen LogP contribution in [0.25, 0.3) is 11.1 Å². The first-order chi connectivity index (χ1) is 12.3. The number of hydrogen-bond donors (Lipinski definition) is 1. The minimum absolute atomic E-state index is 0.0214. The molecular weight excluding hydrogens is 314 g/mol. The number of ether oxygens (including phenoxy) is 1. The molecule has 3 heterocycles. The van der Waals surface area contributed by atoms with Crippen LogP contribution in [0.2, 0.25) is 0 Å². The number of pyridine rings is 1. The molecule has 0 atom stereocenters. The summed E-state index contributed by atoms with van der Waals surface area (Å²) in [5, 5.41) is 3.46. The zero-order valence-electron chi connectivity index (χ0n) is 14.1. The molecule has 0 unspecified atom stereocenters. The molecule has 2 aliphatic heterocycles. The minimum Gasteiger partial charge on any atom is -0.370 e. The molecule has 128 valence electrons. The van der Waals surface area contributed by atoms with Crippen LogP contribution in [0, 0.1) is 0 Å². The minimum atomic E-state index is 0.0214. The van der Waals surface area contributed by atoms with Crippen LogP contribution in [0.15, 0.2) is 36.5 Å². The Morgan fingerprint density at radius 2 is 2.12 bits per heavy atom. The van der Waals surface area contributed by atoms with Gasteiger partial charge in [-0.25, -0.2) is 4.98 Å². The predicted molar refractivity (Wildman–Crippen MR) is 96.9 cm³/mol. The summed E-state index contributed by atoms with van der Waals surface area (Å²) >= 11 is 0. The first-order valence-electron chi connectivity index (χ1n) is 8.98. The van der Waals surface area contributed by atoms with Crippen molar-refractivity contribution in [2.45, 2.75) is 24.7 Å². The standard InChI is InChI=1S/C20H21N3O2/c24-18-12-25-8-7-23(18)16-4-1-3-14(9-16)15-10-17-19(21-11-15)22-13-20(17)5-2-6-20/h1,3-4,9-11H,2,5-8,12-13H2,(H,21,22). The maximum atomic E-state index is 12.1. The number of morpholine rings is 1. The van der Waals surface area contributed by atoms with Crippen LogP contribution in [0.1, 0.15) is 24.8 Å². The highest BCUT2D eigenvalue weighted by molar-refractivity contribution is 5.95. The molecule has 1 saturated carbocycles. The average Bonchev–Trinajstić information content (AvgIpc) is 3.01. The topological polar surface area (TPSA) is 54.5 Å². The summed E-state index contributed by atoms with van der Waals surface area (Å²) in [7, 11) is 0. The molecule has 1 saturated heterocycles. The quantitative estimate of drug-likeness (QED) is 0.917. The molecule has 1 aromatic carbocycles. The first-order valence-corrected chi connectivity index (χ1v) is 8.98. The van der Waals surface area contributed by atoms with Crippen molar-refractivity contribution in [2.24, 2.45) is 0 Å². The van der Waals surface area contributed by atoms with E-state index in [9.17, 15) is 4.79 Å². The lowest BCUT2D eigenvalue weighted by molar-refractivity contribution is -0.125. The molecule has 5 nitrogen and oxygen atoms in total. The number of nitrogens with zero attached hydrogens (tertiary/aromatic N) is 2. The van der Waals surface area contributed by atoms with Crippen LogP contribution in [0.5, 0.6) is 0 Å². The molecular formula is C20H21N3O2. The fourth-order valence-electron chi connectivity index (χ4n) is 4.21. The Hall–Kier alpha value is -2.40. The number of rotatable bonds is 2. The number of fused-ring (bicyclic) bond motifs is 2. The van der Waals surface area contributed by atoms with Crippen molar-refractivity contribution in [1.82, 2.24) is 4.98 Å². The highest BCUT2D eigenvalue weighted by atomic mass is 16.5. The van der Waals surface area contributed by atoms with Crippen LogP contribution < -0.4 is 10.2 Å². The zero-order chi connectivity index (χ0) is 16.9. The van der Waals surface area contributed by atoms with Gasteiger partial charge in [0.25, 0.3) is 5.91 Å². The summed E-state index contributed by atoms with van der Waals surface area (Å²) < 4.78 is 5.23. The molecule has 5 heteroatoms. The fraction of sp³-hybridized carbons (Fsp3) is 0.400. The molecule has 1 aromatic heterocycles. The molecule has 1 spiro atoms. The Morgan fingerprint density at radius 3 is 2.92 bits per heavy atom. The molecule has 5 rings (SSSR count). The van der Waals surface area contributed by atoms with Crippen LogP contribution in [-0.4, -0.2) is 37.2 Å². The third-order valence-corrected chi connectivity index (χ3v) is 5.84. The number of nitrogens with one attached hydrogen (secondary N) is 1. The van der Waals surface area contributed by atoms with E-state index in [1.807, 2.05) is 23.2 Å². The number of anilines is 2. The monoisotopic (exact) mass is 335 g/mol. The van der Waals surface area contributed by atoms with E-state index >= 15 is 0 Å². The van der Waals surface area contributed by atoms with Crippen molar-refractivity contribution in [3.63, 3.8) is 0 Å². The van der Waals surface area contributed by atoms with Gasteiger partial charge in [-0.05, 0) is 36.6 Å². The zero-order valence-corrected chi connectivity index (χ0v) is 14.1. The lowest BCUT2D eigenvalue weighted by atomic mass is 9.66. The number of aromatic nitrogens is 1. The maximum Gasteiger partial charge on any atom is 0.253 e. The van der Waals surface area contributed by atoms with Crippen molar-refractivity contribution in [2.75, 3.05) is 36.5 Å². The van der Waals surface area contributed by atoms with Crippen molar-refractivity contribution in [3.05, 3.63) is 42.1 Å². The van der Waals surface area contributed by atoms with Gasteiger partial charge in [0.2, 0.25) is 0 Å². The number of benzene rings is 1. The normalized spacial score (nSPS) is 21.0. The van der Waals surface area contributed by atoms with Crippen molar-refractivity contribution >= 4 is 17.4 Å². The largest absolute Gasteiger partial charge is 0.370 e. The average molecular weight is 335 g/mol. The van der Waals surface area contributed by atoms with E-state index < -0.39 is 0 Å². The van der Waals surface area contributed by atoms with Gasteiger partial charge in [-0.1, -0.05) is 18.6 Å². The second-order valence-corrected chi connectivity index (χ2v) is 7.26. The highest BCUT2D eigenvalue weighted by Crippen LogP contribution is 2.50. The summed E-state index contributed by atoms with van der Waals surface area (Å²) in [6.07, 6.45) is 5.74. The van der Waals surface area contributed by atoms with Gasteiger partial charge in [-0.3, -0.25) is 4.79 Å². The van der Waals surface area contributed by atoms with E-state index in [-0.39, 0.29) is 12.5 Å². The van der Waals surface area contributed by atoms with Gasteiger partial charge >= 0.3 is 0 Å². The van der Waals surface area contributed by atoms with E-state index in [0.717, 1.165) is 29.2 Å². The molecule has 0 radical (unpaired) electrons. The van der Waals surface area contributed by atoms with E-state index in [1.165, 1.54) is 24.8 Å². The number of hydrogen-bond acceptors (Lipinski definition) is 4. The lowest BCUT2D eigenvalue weighted by Gasteiger charge is -2.38. The van der Waals surface area contributed by atoms with E-state index in [2.05, 4.69) is 28.5 Å². The number of amides is 1. The van der Waals surface area contributed by atoms with Gasteiger partial charge in [0, 0.05) is 41.5 Å². The van der Waals surface area contributed by atoms with Crippen molar-refractivity contribution in [3.8, 4) is 11.1 Å². The lowest BCUT2D eigenvalue weighted by Crippen LogP contribution is -2.41. The Labute approximate surface area is 147 Å². The van der Waals surface area contributed by atoms with Crippen LogP contribution in [0.4, 0.5) is 11.5 Å². The second-order valence-electron chi connectivity index (χ2n) is 7.26. The first kappa shape index (κ1) is 14.9. The van der Waals surface area contributed by atoms with Gasteiger partial charge in [-0.15, -0.1) is 0 Å². The Morgan fingerprint density at radius 1 is 1.20 bits per heavy atom. The van der Waals surface area contributed by atoms with Crippen LogP contribution in [-0.2, 0) is 14.9 Å². The van der Waals surface area contributed by atoms with E-state index in [4.69, 9.17) is 4.74 Å². The molecule has 2 fully saturated rings. The SMILES string of the molecule is O=C1COCCN1c1cccc(-c2cnc3c(c2)C2(CCC2)CN3)c1. The maximum absolute atomic E-state index is 12.1. The molecule has 1 amide bonds. The summed E-state index contributed by atoms with van der Waals surface area (Å²) in [5.74, 6) is 1.07. The van der Waals surface area contributed by atoms with Crippen molar-refractivity contribution in [1.29, 1.82) is 0 Å². The van der Waals surface area contributed by atoms with E-state index in [1.54, 1.807) is 0 Å². The Bertz CT molecular complexity index is 845. The predicted octanol–water partition coefficient (Wildman–Crippen LogP) is 2.96. The molecule has 1 N–H and O–H groups in total. The van der Waals surface area contributed by atoms with E-state index in [0.29, 0.717) is 18.6 Å². The highest BCUT2D eigenvalue weighted by Gasteiger charge is 2.44. The van der Waals surface area contributed by atoms with Gasteiger partial charge in [0.05, 0.1) is 6.61 Å². The van der Waals surface area contributed by atoms with Crippen LogP contribution >= 0.6 is 0 Å². The summed E-state index contributed by atoms with van der Waals surface area (Å²) in [6, 6.07) is 10.5. The smallest absolute Gasteiger partial charge is 0.253 e.